The van der Waals surface area contributed by atoms with Crippen molar-refractivity contribution in [1.29, 1.82) is 0 Å². The molecule has 0 spiro atoms. The molecule has 2 rings (SSSR count). The first-order chi connectivity index (χ1) is 7.29. The van der Waals surface area contributed by atoms with E-state index in [1.807, 2.05) is 0 Å². The second-order valence-electron chi connectivity index (χ2n) is 3.87. The van der Waals surface area contributed by atoms with E-state index in [4.69, 9.17) is 4.74 Å². The van der Waals surface area contributed by atoms with E-state index in [0.717, 1.165) is 19.3 Å². The molecule has 82 valence electrons. The highest BCUT2D eigenvalue weighted by atomic mass is 19.1. The molecule has 0 amide bonds. The average molecular weight is 210 g/mol. The zero-order valence-corrected chi connectivity index (χ0v) is 8.53. The van der Waals surface area contributed by atoms with Gasteiger partial charge in [-0.3, -0.25) is 0 Å². The lowest BCUT2D eigenvalue weighted by Gasteiger charge is -2.27. The first-order valence-corrected chi connectivity index (χ1v) is 5.33. The summed E-state index contributed by atoms with van der Waals surface area (Å²) >= 11 is 0. The lowest BCUT2D eigenvalue weighted by Crippen LogP contribution is -2.26. The van der Waals surface area contributed by atoms with Crippen LogP contribution in [0.5, 0.6) is 0 Å². The molecule has 0 aliphatic carbocycles. The summed E-state index contributed by atoms with van der Waals surface area (Å²) in [6.45, 7) is 0.663. The van der Waals surface area contributed by atoms with Gasteiger partial charge in [0.1, 0.15) is 11.9 Å². The molecule has 0 aromatic heterocycles. The van der Waals surface area contributed by atoms with Gasteiger partial charge in [0, 0.05) is 12.2 Å². The number of hydrogen-bond acceptors (Lipinski definition) is 2. The minimum atomic E-state index is -0.841. The van der Waals surface area contributed by atoms with Crippen LogP contribution in [-0.2, 0) is 4.74 Å². The summed E-state index contributed by atoms with van der Waals surface area (Å²) in [5, 5.41) is 9.96. The van der Waals surface area contributed by atoms with Gasteiger partial charge < -0.3 is 9.84 Å². The van der Waals surface area contributed by atoms with Crippen LogP contribution in [0.15, 0.2) is 24.3 Å². The first-order valence-electron chi connectivity index (χ1n) is 5.33. The number of hydrogen-bond donors (Lipinski definition) is 1. The van der Waals surface area contributed by atoms with Crippen LogP contribution in [0.2, 0.25) is 0 Å². The summed E-state index contributed by atoms with van der Waals surface area (Å²) in [5.74, 6) is -0.362. The Morgan fingerprint density at radius 2 is 2.13 bits per heavy atom. The van der Waals surface area contributed by atoms with Crippen molar-refractivity contribution < 1.29 is 14.2 Å². The molecule has 1 N–H and O–H groups in total. The molecular formula is C12H15FO2. The van der Waals surface area contributed by atoms with E-state index < -0.39 is 6.10 Å². The number of ether oxygens (including phenoxy) is 1. The van der Waals surface area contributed by atoms with Gasteiger partial charge in [-0.25, -0.2) is 4.39 Å². The Balaban J connectivity index is 2.12. The third kappa shape index (κ3) is 2.36. The van der Waals surface area contributed by atoms with Crippen molar-refractivity contribution in [3.63, 3.8) is 0 Å². The fraction of sp³-hybridized carbons (Fsp3) is 0.500. The summed E-state index contributed by atoms with van der Waals surface area (Å²) in [6.07, 6.45) is 1.77. The second-order valence-corrected chi connectivity index (χ2v) is 3.87. The maximum atomic E-state index is 13.4. The van der Waals surface area contributed by atoms with Crippen LogP contribution in [-0.4, -0.2) is 17.8 Å². The molecule has 1 aromatic carbocycles. The van der Waals surface area contributed by atoms with E-state index in [1.165, 1.54) is 6.07 Å². The van der Waals surface area contributed by atoms with Crippen molar-refractivity contribution in [3.8, 4) is 0 Å². The van der Waals surface area contributed by atoms with Crippen LogP contribution in [0, 0.1) is 5.82 Å². The lowest BCUT2D eigenvalue weighted by atomic mass is 9.98. The Hall–Kier alpha value is -0.930. The standard InChI is InChI=1S/C12H15FO2/c13-10-6-2-1-5-9(10)12(14)11-7-3-4-8-15-11/h1-2,5-6,11-12,14H,3-4,7-8H2. The highest BCUT2D eigenvalue weighted by Gasteiger charge is 2.25. The quantitative estimate of drug-likeness (QED) is 0.812. The number of aliphatic hydroxyl groups is 1. The molecule has 15 heavy (non-hydrogen) atoms. The lowest BCUT2D eigenvalue weighted by molar-refractivity contribution is -0.0644. The van der Waals surface area contributed by atoms with Gasteiger partial charge in [-0.05, 0) is 25.3 Å². The van der Waals surface area contributed by atoms with Crippen LogP contribution in [0.25, 0.3) is 0 Å². The Kier molecular flexibility index (Phi) is 3.34. The van der Waals surface area contributed by atoms with Crippen molar-refractivity contribution in [1.82, 2.24) is 0 Å². The van der Waals surface area contributed by atoms with Crippen LogP contribution in [0.4, 0.5) is 4.39 Å². The van der Waals surface area contributed by atoms with Gasteiger partial charge in [0.2, 0.25) is 0 Å². The van der Waals surface area contributed by atoms with Gasteiger partial charge in [-0.2, -0.15) is 0 Å². The number of halogens is 1. The smallest absolute Gasteiger partial charge is 0.129 e. The zero-order chi connectivity index (χ0) is 10.7. The minimum absolute atomic E-state index is 0.254. The summed E-state index contributed by atoms with van der Waals surface area (Å²) in [4.78, 5) is 0. The zero-order valence-electron chi connectivity index (χ0n) is 8.53. The molecule has 2 atom stereocenters. The number of rotatable bonds is 2. The topological polar surface area (TPSA) is 29.5 Å². The Morgan fingerprint density at radius 1 is 1.33 bits per heavy atom. The van der Waals surface area contributed by atoms with Crippen molar-refractivity contribution in [2.45, 2.75) is 31.5 Å². The van der Waals surface area contributed by atoms with E-state index in [2.05, 4.69) is 0 Å². The molecule has 1 aliphatic rings. The first kappa shape index (κ1) is 10.6. The number of benzene rings is 1. The SMILES string of the molecule is OC(c1ccccc1F)C1CCCCO1. The van der Waals surface area contributed by atoms with Crippen LogP contribution in [0.1, 0.15) is 30.9 Å². The molecule has 0 bridgehead atoms. The highest BCUT2D eigenvalue weighted by Crippen LogP contribution is 2.27. The molecule has 2 nitrogen and oxygen atoms in total. The van der Waals surface area contributed by atoms with Gasteiger partial charge >= 0.3 is 0 Å². The third-order valence-electron chi connectivity index (χ3n) is 2.79. The highest BCUT2D eigenvalue weighted by molar-refractivity contribution is 5.20. The van der Waals surface area contributed by atoms with E-state index in [-0.39, 0.29) is 11.9 Å². The molecule has 0 saturated carbocycles. The largest absolute Gasteiger partial charge is 0.386 e. The predicted molar refractivity (Wildman–Crippen MR) is 55.0 cm³/mol. The normalized spacial score (nSPS) is 23.7. The van der Waals surface area contributed by atoms with Crippen LogP contribution < -0.4 is 0 Å². The fourth-order valence-corrected chi connectivity index (χ4v) is 1.93. The van der Waals surface area contributed by atoms with E-state index in [1.54, 1.807) is 18.2 Å². The predicted octanol–water partition coefficient (Wildman–Crippen LogP) is 2.43. The van der Waals surface area contributed by atoms with Crippen molar-refractivity contribution in [2.24, 2.45) is 0 Å². The summed E-state index contributed by atoms with van der Waals surface area (Å²) in [5.41, 5.74) is 0.337. The third-order valence-corrected chi connectivity index (χ3v) is 2.79. The van der Waals surface area contributed by atoms with Crippen LogP contribution in [0.3, 0.4) is 0 Å². The van der Waals surface area contributed by atoms with E-state index in [9.17, 15) is 9.50 Å². The van der Waals surface area contributed by atoms with Gasteiger partial charge in [0.15, 0.2) is 0 Å². The molecule has 1 saturated heterocycles. The molecule has 3 heteroatoms. The van der Waals surface area contributed by atoms with Crippen molar-refractivity contribution in [3.05, 3.63) is 35.6 Å². The van der Waals surface area contributed by atoms with Gasteiger partial charge in [-0.15, -0.1) is 0 Å². The van der Waals surface area contributed by atoms with E-state index >= 15 is 0 Å². The van der Waals surface area contributed by atoms with Gasteiger partial charge in [0.25, 0.3) is 0 Å². The average Bonchev–Trinajstić information content (AvgIpc) is 2.30. The van der Waals surface area contributed by atoms with Crippen molar-refractivity contribution in [2.75, 3.05) is 6.61 Å². The molecule has 2 unspecified atom stereocenters. The Bertz CT molecular complexity index is 321. The maximum Gasteiger partial charge on any atom is 0.129 e. The molecule has 1 fully saturated rings. The molecular weight excluding hydrogens is 195 g/mol. The fourth-order valence-electron chi connectivity index (χ4n) is 1.93. The second kappa shape index (κ2) is 4.73. The van der Waals surface area contributed by atoms with Crippen molar-refractivity contribution >= 4 is 0 Å². The Labute approximate surface area is 88.7 Å². The van der Waals surface area contributed by atoms with Crippen LogP contribution >= 0.6 is 0 Å². The number of aliphatic hydroxyl groups excluding tert-OH is 1. The molecule has 0 radical (unpaired) electrons. The minimum Gasteiger partial charge on any atom is -0.386 e. The monoisotopic (exact) mass is 210 g/mol. The molecule has 1 aliphatic heterocycles. The molecule has 1 aromatic rings. The summed E-state index contributed by atoms with van der Waals surface area (Å²) < 4.78 is 18.8. The maximum absolute atomic E-state index is 13.4. The summed E-state index contributed by atoms with van der Waals surface area (Å²) in [6, 6.07) is 6.32. The molecule has 1 heterocycles. The van der Waals surface area contributed by atoms with E-state index in [0.29, 0.717) is 12.2 Å². The summed E-state index contributed by atoms with van der Waals surface area (Å²) in [7, 11) is 0. The Morgan fingerprint density at radius 3 is 2.80 bits per heavy atom. The van der Waals surface area contributed by atoms with Gasteiger partial charge in [0.05, 0.1) is 6.10 Å². The van der Waals surface area contributed by atoms with Gasteiger partial charge in [-0.1, -0.05) is 18.2 Å².